The number of hydrogen-bond donors (Lipinski definition) is 2. The molecular weight excluding hydrogens is 402 g/mol. The number of nitrogens with one attached hydrogen (secondary N) is 1. The van der Waals surface area contributed by atoms with Crippen molar-refractivity contribution >= 4 is 11.6 Å². The highest BCUT2D eigenvalue weighted by molar-refractivity contribution is 5.88. The Morgan fingerprint density at radius 2 is 1.69 bits per heavy atom. The maximum Gasteiger partial charge on any atom is 0.428 e. The van der Waals surface area contributed by atoms with E-state index in [2.05, 4.69) is 15.0 Å². The summed E-state index contributed by atoms with van der Waals surface area (Å²) in [6, 6.07) is 14.0. The summed E-state index contributed by atoms with van der Waals surface area (Å²) in [7, 11) is 0. The van der Waals surface area contributed by atoms with Crippen LogP contribution in [0.4, 0.5) is 5.95 Å². The number of hydrogen-bond acceptors (Lipinski definition) is 5. The van der Waals surface area contributed by atoms with Crippen molar-refractivity contribution in [2.24, 2.45) is 0 Å². The van der Waals surface area contributed by atoms with E-state index < -0.39 is 0 Å². The number of nitrogen functional groups attached to an aromatic ring is 1. The molecule has 0 saturated carbocycles. The van der Waals surface area contributed by atoms with Gasteiger partial charge in [-0.2, -0.15) is 4.68 Å². The Morgan fingerprint density at radius 1 is 1.00 bits per heavy atom. The number of H-pyrrole nitrogens is 1. The Balaban J connectivity index is 1.73. The van der Waals surface area contributed by atoms with Gasteiger partial charge < -0.3 is 10.6 Å². The monoisotopic (exact) mass is 430 g/mol. The fourth-order valence-corrected chi connectivity index (χ4v) is 4.61. The summed E-state index contributed by atoms with van der Waals surface area (Å²) in [5.41, 5.74) is 12.1. The number of anilines is 1. The van der Waals surface area contributed by atoms with Gasteiger partial charge in [0.05, 0.1) is 12.1 Å². The number of benzene rings is 1. The van der Waals surface area contributed by atoms with Crippen LogP contribution in [0, 0.1) is 13.8 Å². The van der Waals surface area contributed by atoms with Crippen LogP contribution in [-0.2, 0) is 6.54 Å². The molecule has 4 aromatic rings. The van der Waals surface area contributed by atoms with Crippen LogP contribution >= 0.6 is 0 Å². The van der Waals surface area contributed by atoms with Crippen molar-refractivity contribution < 1.29 is 4.40 Å². The Hall–Kier alpha value is -3.52. The standard InChI is InChI=1S/C24H27N7O/c1-16-14-19(15-17(2)26-16)20-21(18-8-4-3-5-9-18)27-23(25)31-22(20)28-30(24(31)32)13-12-29-10-6-7-11-29/h3-5,8-9,14-15H,6-7,10-13H2,1-2H3,(H2,25,26,27,28)/p+1. The zero-order chi connectivity index (χ0) is 22.2. The van der Waals surface area contributed by atoms with Crippen LogP contribution in [0.1, 0.15) is 24.2 Å². The van der Waals surface area contributed by atoms with Crippen molar-refractivity contribution in [2.75, 3.05) is 25.4 Å². The van der Waals surface area contributed by atoms with E-state index in [9.17, 15) is 4.79 Å². The van der Waals surface area contributed by atoms with Crippen molar-refractivity contribution in [3.8, 4) is 22.4 Å². The molecule has 8 nitrogen and oxygen atoms in total. The van der Waals surface area contributed by atoms with Crippen molar-refractivity contribution in [3.05, 3.63) is 64.3 Å². The van der Waals surface area contributed by atoms with Crippen LogP contribution in [0.15, 0.2) is 47.3 Å². The zero-order valence-electron chi connectivity index (χ0n) is 18.5. The van der Waals surface area contributed by atoms with Crippen LogP contribution in [-0.4, -0.2) is 44.3 Å². The summed E-state index contributed by atoms with van der Waals surface area (Å²) in [4.78, 5) is 24.9. The highest BCUT2D eigenvalue weighted by Crippen LogP contribution is 2.33. The predicted octanol–water partition coefficient (Wildman–Crippen LogP) is 2.33. The number of aryl methyl sites for hydroxylation is 2. The van der Waals surface area contributed by atoms with E-state index in [0.717, 1.165) is 53.4 Å². The van der Waals surface area contributed by atoms with Gasteiger partial charge in [0.2, 0.25) is 5.65 Å². The van der Waals surface area contributed by atoms with E-state index in [4.69, 9.17) is 10.7 Å². The molecule has 32 heavy (non-hydrogen) atoms. The molecule has 0 amide bonds. The normalized spacial score (nSPS) is 14.4. The summed E-state index contributed by atoms with van der Waals surface area (Å²) in [5.74, 6) is 0.172. The number of likely N-dealkylation sites (tertiary alicyclic amines) is 1. The number of pyridine rings is 1. The molecule has 8 heteroatoms. The second-order valence-electron chi connectivity index (χ2n) is 8.48. The van der Waals surface area contributed by atoms with Crippen LogP contribution in [0.25, 0.3) is 28.0 Å². The molecule has 0 aliphatic carbocycles. The van der Waals surface area contributed by atoms with E-state index in [1.807, 2.05) is 56.3 Å². The SMILES string of the molecule is Cc1cc(-c2c(-c3ccccc3)nc(N)[n+]3c(=O)n(CCN4CCCC4)[nH]c23)cc(C)n1. The van der Waals surface area contributed by atoms with Crippen LogP contribution in [0.3, 0.4) is 0 Å². The predicted molar refractivity (Wildman–Crippen MR) is 124 cm³/mol. The lowest BCUT2D eigenvalue weighted by Gasteiger charge is -2.12. The first-order chi connectivity index (χ1) is 15.5. The zero-order valence-corrected chi connectivity index (χ0v) is 18.5. The maximum atomic E-state index is 13.3. The summed E-state index contributed by atoms with van der Waals surface area (Å²) in [5, 5.41) is 3.34. The molecule has 0 radical (unpaired) electrons. The van der Waals surface area contributed by atoms with Gasteiger partial charge in [-0.25, -0.2) is 9.89 Å². The number of aromatic amines is 1. The third-order valence-corrected chi connectivity index (χ3v) is 6.07. The summed E-state index contributed by atoms with van der Waals surface area (Å²) < 4.78 is 3.13. The molecular formula is C24H28N7O+. The molecule has 1 aliphatic rings. The van der Waals surface area contributed by atoms with Crippen molar-refractivity contribution in [1.29, 1.82) is 0 Å². The lowest BCUT2D eigenvalue weighted by molar-refractivity contribution is -0.516. The molecule has 0 bridgehead atoms. The summed E-state index contributed by atoms with van der Waals surface area (Å²) in [6.07, 6.45) is 2.44. The molecule has 3 aromatic heterocycles. The van der Waals surface area contributed by atoms with Gasteiger partial charge >= 0.3 is 11.6 Å². The second-order valence-corrected chi connectivity index (χ2v) is 8.48. The number of nitrogens with zero attached hydrogens (tertiary/aromatic N) is 5. The van der Waals surface area contributed by atoms with Crippen molar-refractivity contribution in [1.82, 2.24) is 24.6 Å². The highest BCUT2D eigenvalue weighted by atomic mass is 16.2. The lowest BCUT2D eigenvalue weighted by Crippen LogP contribution is -2.45. The average Bonchev–Trinajstić information content (AvgIpc) is 3.40. The van der Waals surface area contributed by atoms with E-state index in [1.54, 1.807) is 4.68 Å². The lowest BCUT2D eigenvalue weighted by atomic mass is 9.99. The molecule has 0 unspecified atom stereocenters. The molecule has 0 spiro atoms. The highest BCUT2D eigenvalue weighted by Gasteiger charge is 2.26. The summed E-state index contributed by atoms with van der Waals surface area (Å²) >= 11 is 0. The second kappa shape index (κ2) is 8.20. The minimum Gasteiger partial charge on any atom is -0.319 e. The largest absolute Gasteiger partial charge is 0.428 e. The third-order valence-electron chi connectivity index (χ3n) is 6.07. The molecule has 164 valence electrons. The Bertz CT molecular complexity index is 1310. The van der Waals surface area contributed by atoms with Gasteiger partial charge in [-0.05, 0) is 57.5 Å². The van der Waals surface area contributed by atoms with Gasteiger partial charge in [-0.1, -0.05) is 30.3 Å². The molecule has 0 atom stereocenters. The minimum atomic E-state index is -0.201. The van der Waals surface area contributed by atoms with Gasteiger partial charge in [-0.3, -0.25) is 4.98 Å². The Labute approximate surface area is 186 Å². The number of fused-ring (bicyclic) bond motifs is 1. The van der Waals surface area contributed by atoms with Gasteiger partial charge in [0.25, 0.3) is 0 Å². The quantitative estimate of drug-likeness (QED) is 0.474. The molecule has 5 rings (SSSR count). The smallest absolute Gasteiger partial charge is 0.319 e. The molecule has 3 N–H and O–H groups in total. The molecule has 1 aromatic carbocycles. The first-order valence-electron chi connectivity index (χ1n) is 11.1. The molecule has 1 aliphatic heterocycles. The van der Waals surface area contributed by atoms with Gasteiger partial charge in [0.1, 0.15) is 5.69 Å². The first-order valence-corrected chi connectivity index (χ1v) is 11.1. The summed E-state index contributed by atoms with van der Waals surface area (Å²) in [6.45, 7) is 7.52. The third kappa shape index (κ3) is 3.67. The molecule has 1 fully saturated rings. The fraction of sp³-hybridized carbons (Fsp3) is 0.333. The maximum absolute atomic E-state index is 13.3. The Kier molecular flexibility index (Phi) is 5.22. The van der Waals surface area contributed by atoms with Gasteiger partial charge in [-0.15, -0.1) is 9.38 Å². The van der Waals surface area contributed by atoms with Crippen molar-refractivity contribution in [3.63, 3.8) is 0 Å². The molecule has 1 saturated heterocycles. The average molecular weight is 431 g/mol. The van der Waals surface area contributed by atoms with Crippen LogP contribution in [0.5, 0.6) is 0 Å². The van der Waals surface area contributed by atoms with E-state index in [0.29, 0.717) is 12.2 Å². The van der Waals surface area contributed by atoms with E-state index in [1.165, 1.54) is 17.2 Å². The number of aromatic nitrogens is 5. The van der Waals surface area contributed by atoms with E-state index >= 15 is 0 Å². The topological polar surface area (TPSA) is 96.9 Å². The van der Waals surface area contributed by atoms with E-state index in [-0.39, 0.29) is 11.6 Å². The Morgan fingerprint density at radius 3 is 2.38 bits per heavy atom. The van der Waals surface area contributed by atoms with Crippen LogP contribution < -0.4 is 15.8 Å². The number of rotatable bonds is 5. The van der Waals surface area contributed by atoms with Crippen LogP contribution in [0.2, 0.25) is 0 Å². The van der Waals surface area contributed by atoms with Gasteiger partial charge in [0.15, 0.2) is 0 Å². The van der Waals surface area contributed by atoms with Gasteiger partial charge in [0, 0.05) is 23.5 Å². The van der Waals surface area contributed by atoms with Crippen molar-refractivity contribution in [2.45, 2.75) is 33.2 Å². The molecule has 4 heterocycles. The first kappa shape index (κ1) is 20.4. The fourth-order valence-electron chi connectivity index (χ4n) is 4.61. The number of nitrogens with two attached hydrogens (primary N) is 1. The minimum absolute atomic E-state index is 0.172.